The molecule has 0 bridgehead atoms. The lowest BCUT2D eigenvalue weighted by atomic mass is 9.98. The summed E-state index contributed by atoms with van der Waals surface area (Å²) in [5, 5.41) is 14.6. The van der Waals surface area contributed by atoms with Crippen LogP contribution in [0.25, 0.3) is 11.1 Å². The van der Waals surface area contributed by atoms with Crippen molar-refractivity contribution in [3.63, 3.8) is 0 Å². The van der Waals surface area contributed by atoms with Gasteiger partial charge >= 0.3 is 12.1 Å². The number of alkyl carbamates (subject to hydrolysis) is 1. The number of amides is 2. The number of hydrogen-bond acceptors (Lipinski definition) is 5. The summed E-state index contributed by atoms with van der Waals surface area (Å²) in [5.74, 6) is -1.16. The Hall–Kier alpha value is -3.26. The molecule has 0 aromatic heterocycles. The van der Waals surface area contributed by atoms with Crippen molar-refractivity contribution in [3.05, 3.63) is 71.3 Å². The Labute approximate surface area is 210 Å². The number of carboxylic acids is 1. The molecule has 2 amide bonds. The van der Waals surface area contributed by atoms with Gasteiger partial charge in [-0.3, -0.25) is 4.79 Å². The molecule has 0 aliphatic heterocycles. The molecule has 1 aliphatic carbocycles. The highest BCUT2D eigenvalue weighted by molar-refractivity contribution is 7.98. The van der Waals surface area contributed by atoms with E-state index < -0.39 is 30.1 Å². The number of aliphatic carboxylic acids is 1. The van der Waals surface area contributed by atoms with Gasteiger partial charge in [-0.25, -0.2) is 9.59 Å². The van der Waals surface area contributed by atoms with Gasteiger partial charge in [0.25, 0.3) is 0 Å². The molecule has 2 aromatic rings. The number of nitrogens with one attached hydrogen (secondary N) is 2. The monoisotopic (exact) mass is 496 g/mol. The molecule has 0 spiro atoms. The quantitative estimate of drug-likeness (QED) is 0.394. The summed E-state index contributed by atoms with van der Waals surface area (Å²) >= 11 is 1.50. The van der Waals surface area contributed by atoms with Gasteiger partial charge in [0.15, 0.2) is 0 Å². The standard InChI is InChI=1S/C27H32N2O5S/c1-17(2)12-13-23(25(30)28-24(26(31)32)14-15-35-3)29-27(33)34-16-22-20-10-6-4-8-18(20)19-9-5-7-11-21(19)22/h4-12,22-24H,13-16H2,1-3H3,(H,28,30)(H,29,33)(H,31,32). The van der Waals surface area contributed by atoms with Gasteiger partial charge in [0, 0.05) is 5.92 Å². The van der Waals surface area contributed by atoms with Crippen molar-refractivity contribution in [2.75, 3.05) is 18.6 Å². The number of thioether (sulfide) groups is 1. The Kier molecular flexibility index (Phi) is 9.37. The van der Waals surface area contributed by atoms with Crippen molar-refractivity contribution in [1.82, 2.24) is 10.6 Å². The summed E-state index contributed by atoms with van der Waals surface area (Å²) in [5.41, 5.74) is 5.43. The molecule has 0 radical (unpaired) electrons. The zero-order valence-corrected chi connectivity index (χ0v) is 21.1. The highest BCUT2D eigenvalue weighted by atomic mass is 32.2. The molecule has 35 heavy (non-hydrogen) atoms. The van der Waals surface area contributed by atoms with E-state index in [4.69, 9.17) is 4.74 Å². The molecule has 0 heterocycles. The van der Waals surface area contributed by atoms with Crippen LogP contribution in [0.5, 0.6) is 0 Å². The lowest BCUT2D eigenvalue weighted by Gasteiger charge is -2.21. The maximum atomic E-state index is 12.9. The zero-order valence-electron chi connectivity index (χ0n) is 20.2. The molecule has 2 atom stereocenters. The molecule has 2 aromatic carbocycles. The van der Waals surface area contributed by atoms with Crippen LogP contribution in [0.1, 0.15) is 43.7 Å². The molecule has 186 valence electrons. The highest BCUT2D eigenvalue weighted by Crippen LogP contribution is 2.44. The highest BCUT2D eigenvalue weighted by Gasteiger charge is 2.30. The summed E-state index contributed by atoms with van der Waals surface area (Å²) < 4.78 is 5.57. The van der Waals surface area contributed by atoms with Crippen LogP contribution in [0.4, 0.5) is 4.79 Å². The van der Waals surface area contributed by atoms with E-state index in [0.29, 0.717) is 12.2 Å². The molecule has 0 saturated heterocycles. The Morgan fingerprint density at radius 2 is 1.60 bits per heavy atom. The van der Waals surface area contributed by atoms with E-state index in [-0.39, 0.29) is 18.9 Å². The second-order valence-corrected chi connectivity index (χ2v) is 9.71. The van der Waals surface area contributed by atoms with Gasteiger partial charge < -0.3 is 20.5 Å². The number of ether oxygens (including phenoxy) is 1. The summed E-state index contributed by atoms with van der Waals surface area (Å²) in [7, 11) is 0. The van der Waals surface area contributed by atoms with Gasteiger partial charge in [0.2, 0.25) is 5.91 Å². The zero-order chi connectivity index (χ0) is 25.4. The number of allylic oxidation sites excluding steroid dienone is 1. The van der Waals surface area contributed by atoms with Gasteiger partial charge in [-0.05, 0) is 61.0 Å². The van der Waals surface area contributed by atoms with Crippen LogP contribution in [-0.2, 0) is 14.3 Å². The molecule has 0 fully saturated rings. The molecule has 3 N–H and O–H groups in total. The normalized spacial score (nSPS) is 13.7. The summed E-state index contributed by atoms with van der Waals surface area (Å²) in [6.45, 7) is 3.91. The van der Waals surface area contributed by atoms with Gasteiger partial charge in [0.1, 0.15) is 18.7 Å². The van der Waals surface area contributed by atoms with E-state index in [2.05, 4.69) is 22.8 Å². The Morgan fingerprint density at radius 1 is 1.00 bits per heavy atom. The molecule has 0 saturated carbocycles. The van der Waals surface area contributed by atoms with Crippen molar-refractivity contribution in [2.45, 2.75) is 44.7 Å². The molecular formula is C27H32N2O5S. The van der Waals surface area contributed by atoms with Crippen LogP contribution < -0.4 is 10.6 Å². The van der Waals surface area contributed by atoms with E-state index >= 15 is 0 Å². The van der Waals surface area contributed by atoms with Crippen molar-refractivity contribution in [1.29, 1.82) is 0 Å². The minimum absolute atomic E-state index is 0.0962. The third kappa shape index (κ3) is 6.88. The van der Waals surface area contributed by atoms with Gasteiger partial charge in [0.05, 0.1) is 0 Å². The maximum Gasteiger partial charge on any atom is 0.407 e. The van der Waals surface area contributed by atoms with Crippen LogP contribution >= 0.6 is 11.8 Å². The van der Waals surface area contributed by atoms with Crippen LogP contribution in [-0.4, -0.2) is 53.8 Å². The SMILES string of the molecule is CSCCC(NC(=O)C(CC=C(C)C)NC(=O)OCC1c2ccccc2-c2ccccc21)C(=O)O. The average molecular weight is 497 g/mol. The lowest BCUT2D eigenvalue weighted by Crippen LogP contribution is -2.51. The molecule has 2 unspecified atom stereocenters. The van der Waals surface area contributed by atoms with Gasteiger partial charge in [-0.2, -0.15) is 11.8 Å². The Bertz CT molecular complexity index is 1050. The molecular weight excluding hydrogens is 464 g/mol. The fourth-order valence-corrected chi connectivity index (χ4v) is 4.60. The first-order valence-corrected chi connectivity index (χ1v) is 13.0. The van der Waals surface area contributed by atoms with Gasteiger partial charge in [-0.15, -0.1) is 0 Å². The first kappa shape index (κ1) is 26.3. The van der Waals surface area contributed by atoms with Crippen LogP contribution in [0, 0.1) is 0 Å². The minimum atomic E-state index is -1.10. The van der Waals surface area contributed by atoms with Crippen molar-refractivity contribution in [3.8, 4) is 11.1 Å². The van der Waals surface area contributed by atoms with E-state index in [1.165, 1.54) is 11.8 Å². The van der Waals surface area contributed by atoms with Crippen LogP contribution in [0.15, 0.2) is 60.2 Å². The number of benzene rings is 2. The Morgan fingerprint density at radius 3 is 2.14 bits per heavy atom. The third-order valence-corrected chi connectivity index (χ3v) is 6.58. The minimum Gasteiger partial charge on any atom is -0.480 e. The second kappa shape index (κ2) is 12.4. The number of carbonyl (C=O) groups excluding carboxylic acids is 2. The third-order valence-electron chi connectivity index (χ3n) is 5.94. The predicted molar refractivity (Wildman–Crippen MR) is 139 cm³/mol. The first-order chi connectivity index (χ1) is 16.8. The fourth-order valence-electron chi connectivity index (χ4n) is 4.13. The fraction of sp³-hybridized carbons (Fsp3) is 0.370. The smallest absolute Gasteiger partial charge is 0.407 e. The number of hydrogen-bond donors (Lipinski definition) is 3. The Balaban J connectivity index is 1.67. The van der Waals surface area contributed by atoms with Gasteiger partial charge in [-0.1, -0.05) is 60.2 Å². The van der Waals surface area contributed by atoms with Crippen LogP contribution in [0.3, 0.4) is 0 Å². The second-order valence-electron chi connectivity index (χ2n) is 8.72. The summed E-state index contributed by atoms with van der Waals surface area (Å²) in [6.07, 6.45) is 3.50. The molecule has 7 nitrogen and oxygen atoms in total. The van der Waals surface area contributed by atoms with Crippen molar-refractivity contribution < 1.29 is 24.2 Å². The topological polar surface area (TPSA) is 105 Å². The lowest BCUT2D eigenvalue weighted by molar-refractivity contribution is -0.142. The molecule has 3 rings (SSSR count). The largest absolute Gasteiger partial charge is 0.480 e. The predicted octanol–water partition coefficient (Wildman–Crippen LogP) is 4.57. The first-order valence-electron chi connectivity index (χ1n) is 11.6. The van der Waals surface area contributed by atoms with Crippen molar-refractivity contribution in [2.24, 2.45) is 0 Å². The van der Waals surface area contributed by atoms with E-state index in [9.17, 15) is 19.5 Å². The number of fused-ring (bicyclic) bond motifs is 3. The maximum absolute atomic E-state index is 12.9. The molecule has 1 aliphatic rings. The van der Waals surface area contributed by atoms with E-state index in [1.54, 1.807) is 0 Å². The molecule has 8 heteroatoms. The van der Waals surface area contributed by atoms with Crippen molar-refractivity contribution >= 4 is 29.7 Å². The summed E-state index contributed by atoms with van der Waals surface area (Å²) in [4.78, 5) is 37.2. The number of carboxylic acid groups (broad SMARTS) is 1. The number of carbonyl (C=O) groups is 3. The average Bonchev–Trinajstić information content (AvgIpc) is 3.16. The van der Waals surface area contributed by atoms with E-state index in [1.807, 2.05) is 62.6 Å². The number of rotatable bonds is 11. The summed E-state index contributed by atoms with van der Waals surface area (Å²) in [6, 6.07) is 14.1. The van der Waals surface area contributed by atoms with Crippen LogP contribution in [0.2, 0.25) is 0 Å². The van der Waals surface area contributed by atoms with E-state index in [0.717, 1.165) is 27.8 Å².